The average molecular weight is 324 g/mol. The lowest BCUT2D eigenvalue weighted by Crippen LogP contribution is -2.05. The third-order valence-corrected chi connectivity index (χ3v) is 4.26. The van der Waals surface area contributed by atoms with Gasteiger partial charge in [-0.05, 0) is 30.7 Å². The number of aromatic nitrogens is 4. The fourth-order valence-corrected chi connectivity index (χ4v) is 3.07. The zero-order valence-corrected chi connectivity index (χ0v) is 13.9. The van der Waals surface area contributed by atoms with Crippen LogP contribution in [0.5, 0.6) is 5.75 Å². The van der Waals surface area contributed by atoms with Crippen LogP contribution in [0.25, 0.3) is 11.4 Å². The first kappa shape index (κ1) is 14.9. The zero-order valence-electron chi connectivity index (χ0n) is 13.9. The SMILES string of the molecule is CCc1nc(CCn2ccnc2-c2ccc3c(c2)CC(C)O3)no1. The van der Waals surface area contributed by atoms with E-state index in [0.717, 1.165) is 48.8 Å². The number of fused-ring (bicyclic) bond motifs is 1. The summed E-state index contributed by atoms with van der Waals surface area (Å²) in [6, 6.07) is 6.29. The molecule has 0 radical (unpaired) electrons. The predicted octanol–water partition coefficient (Wildman–Crippen LogP) is 3.06. The van der Waals surface area contributed by atoms with Gasteiger partial charge in [-0.15, -0.1) is 0 Å². The lowest BCUT2D eigenvalue weighted by atomic mass is 10.1. The smallest absolute Gasteiger partial charge is 0.226 e. The molecule has 4 rings (SSSR count). The molecule has 0 fully saturated rings. The topological polar surface area (TPSA) is 66.0 Å². The quantitative estimate of drug-likeness (QED) is 0.721. The van der Waals surface area contributed by atoms with Gasteiger partial charge in [-0.1, -0.05) is 12.1 Å². The zero-order chi connectivity index (χ0) is 16.5. The van der Waals surface area contributed by atoms with E-state index in [0.29, 0.717) is 5.89 Å². The molecule has 1 aliphatic rings. The number of hydrogen-bond acceptors (Lipinski definition) is 5. The first-order valence-electron chi connectivity index (χ1n) is 8.35. The number of nitrogens with zero attached hydrogens (tertiary/aromatic N) is 4. The van der Waals surface area contributed by atoms with Crippen LogP contribution in [0.2, 0.25) is 0 Å². The van der Waals surface area contributed by atoms with Gasteiger partial charge < -0.3 is 13.8 Å². The van der Waals surface area contributed by atoms with Crippen molar-refractivity contribution in [2.24, 2.45) is 0 Å². The van der Waals surface area contributed by atoms with E-state index in [4.69, 9.17) is 9.26 Å². The van der Waals surface area contributed by atoms with Crippen molar-refractivity contribution in [3.05, 3.63) is 47.9 Å². The molecule has 6 heteroatoms. The molecular weight excluding hydrogens is 304 g/mol. The fourth-order valence-electron chi connectivity index (χ4n) is 3.07. The van der Waals surface area contributed by atoms with E-state index in [2.05, 4.69) is 38.7 Å². The first-order valence-corrected chi connectivity index (χ1v) is 8.35. The minimum Gasteiger partial charge on any atom is -0.490 e. The first-order chi connectivity index (χ1) is 11.7. The Morgan fingerprint density at radius 2 is 2.25 bits per heavy atom. The van der Waals surface area contributed by atoms with Crippen LogP contribution >= 0.6 is 0 Å². The lowest BCUT2D eigenvalue weighted by molar-refractivity contribution is 0.254. The highest BCUT2D eigenvalue weighted by atomic mass is 16.5. The number of ether oxygens (including phenoxy) is 1. The summed E-state index contributed by atoms with van der Waals surface area (Å²) in [7, 11) is 0. The van der Waals surface area contributed by atoms with Crippen LogP contribution in [0, 0.1) is 0 Å². The van der Waals surface area contributed by atoms with E-state index in [1.54, 1.807) is 0 Å². The molecule has 0 spiro atoms. The number of benzene rings is 1. The summed E-state index contributed by atoms with van der Waals surface area (Å²) in [5, 5.41) is 4.01. The number of hydrogen-bond donors (Lipinski definition) is 0. The highest BCUT2D eigenvalue weighted by molar-refractivity contribution is 5.60. The molecule has 0 aliphatic carbocycles. The highest BCUT2D eigenvalue weighted by Gasteiger charge is 2.20. The number of rotatable bonds is 5. The van der Waals surface area contributed by atoms with Crippen molar-refractivity contribution < 1.29 is 9.26 Å². The Kier molecular flexibility index (Phi) is 3.80. The summed E-state index contributed by atoms with van der Waals surface area (Å²) in [6.07, 6.45) is 6.50. The van der Waals surface area contributed by atoms with Crippen LogP contribution in [-0.4, -0.2) is 25.8 Å². The van der Waals surface area contributed by atoms with Crippen molar-refractivity contribution in [1.29, 1.82) is 0 Å². The summed E-state index contributed by atoms with van der Waals surface area (Å²) in [4.78, 5) is 8.88. The molecule has 1 atom stereocenters. The van der Waals surface area contributed by atoms with Crippen LogP contribution < -0.4 is 4.74 Å². The third-order valence-electron chi connectivity index (χ3n) is 4.26. The maximum atomic E-state index is 5.77. The molecule has 1 aliphatic heterocycles. The van der Waals surface area contributed by atoms with E-state index in [1.165, 1.54) is 5.56 Å². The van der Waals surface area contributed by atoms with Crippen molar-refractivity contribution in [2.45, 2.75) is 45.8 Å². The van der Waals surface area contributed by atoms with Crippen molar-refractivity contribution in [3.63, 3.8) is 0 Å². The van der Waals surface area contributed by atoms with E-state index in [-0.39, 0.29) is 6.10 Å². The van der Waals surface area contributed by atoms with Crippen molar-refractivity contribution >= 4 is 0 Å². The minimum atomic E-state index is 0.251. The van der Waals surface area contributed by atoms with Gasteiger partial charge in [-0.25, -0.2) is 4.98 Å². The Morgan fingerprint density at radius 3 is 3.08 bits per heavy atom. The normalized spacial score (nSPS) is 16.2. The summed E-state index contributed by atoms with van der Waals surface area (Å²) in [5.74, 6) is 3.37. The second-order valence-corrected chi connectivity index (χ2v) is 6.11. The molecule has 3 aromatic rings. The van der Waals surface area contributed by atoms with Crippen molar-refractivity contribution in [3.8, 4) is 17.1 Å². The maximum Gasteiger partial charge on any atom is 0.226 e. The summed E-state index contributed by atoms with van der Waals surface area (Å²) >= 11 is 0. The molecule has 6 nitrogen and oxygen atoms in total. The van der Waals surface area contributed by atoms with Gasteiger partial charge in [0, 0.05) is 43.8 Å². The van der Waals surface area contributed by atoms with Crippen LogP contribution in [0.4, 0.5) is 0 Å². The van der Waals surface area contributed by atoms with Crippen molar-refractivity contribution in [1.82, 2.24) is 19.7 Å². The minimum absolute atomic E-state index is 0.251. The Morgan fingerprint density at radius 1 is 1.33 bits per heavy atom. The number of aryl methyl sites for hydroxylation is 3. The largest absolute Gasteiger partial charge is 0.490 e. The molecule has 0 N–H and O–H groups in total. The molecule has 24 heavy (non-hydrogen) atoms. The molecule has 124 valence electrons. The second-order valence-electron chi connectivity index (χ2n) is 6.11. The van der Waals surface area contributed by atoms with Gasteiger partial charge in [0.15, 0.2) is 5.82 Å². The highest BCUT2D eigenvalue weighted by Crippen LogP contribution is 2.32. The maximum absolute atomic E-state index is 5.77. The fraction of sp³-hybridized carbons (Fsp3) is 0.389. The van der Waals surface area contributed by atoms with Crippen LogP contribution in [-0.2, 0) is 25.8 Å². The van der Waals surface area contributed by atoms with Crippen LogP contribution in [0.3, 0.4) is 0 Å². The lowest BCUT2D eigenvalue weighted by Gasteiger charge is -2.08. The average Bonchev–Trinajstić information content (AvgIpc) is 3.30. The monoisotopic (exact) mass is 324 g/mol. The van der Waals surface area contributed by atoms with Gasteiger partial charge in [0.2, 0.25) is 5.89 Å². The molecule has 1 aromatic carbocycles. The van der Waals surface area contributed by atoms with Gasteiger partial charge in [0.1, 0.15) is 17.7 Å². The van der Waals surface area contributed by atoms with E-state index in [1.807, 2.05) is 25.4 Å². The molecule has 2 aromatic heterocycles. The van der Waals surface area contributed by atoms with Gasteiger partial charge >= 0.3 is 0 Å². The molecule has 0 saturated heterocycles. The Bertz CT molecular complexity index is 852. The van der Waals surface area contributed by atoms with Gasteiger partial charge in [-0.3, -0.25) is 0 Å². The summed E-state index contributed by atoms with van der Waals surface area (Å²) in [6.45, 7) is 4.86. The molecular formula is C18H20N4O2. The second kappa shape index (κ2) is 6.11. The third kappa shape index (κ3) is 2.79. The molecule has 1 unspecified atom stereocenters. The molecule has 0 amide bonds. The van der Waals surface area contributed by atoms with E-state index in [9.17, 15) is 0 Å². The summed E-state index contributed by atoms with van der Waals surface area (Å²) < 4.78 is 13.1. The van der Waals surface area contributed by atoms with Gasteiger partial charge in [0.25, 0.3) is 0 Å². The van der Waals surface area contributed by atoms with E-state index >= 15 is 0 Å². The van der Waals surface area contributed by atoms with Gasteiger partial charge in [0.05, 0.1) is 0 Å². The van der Waals surface area contributed by atoms with Crippen LogP contribution in [0.1, 0.15) is 31.1 Å². The standard InChI is InChI=1S/C18H20N4O2/c1-3-17-20-16(21-24-17)6-8-22-9-7-19-18(22)13-4-5-15-14(11-13)10-12(2)23-15/h4-5,7,9,11-12H,3,6,8,10H2,1-2H3. The Balaban J connectivity index is 1.53. The predicted molar refractivity (Wildman–Crippen MR) is 88.8 cm³/mol. The number of imidazole rings is 1. The molecule has 0 bridgehead atoms. The van der Waals surface area contributed by atoms with Gasteiger partial charge in [-0.2, -0.15) is 4.98 Å². The van der Waals surface area contributed by atoms with E-state index < -0.39 is 0 Å². The molecule has 3 heterocycles. The van der Waals surface area contributed by atoms with Crippen LogP contribution in [0.15, 0.2) is 35.1 Å². The Hall–Kier alpha value is -2.63. The van der Waals surface area contributed by atoms with Crippen molar-refractivity contribution in [2.75, 3.05) is 0 Å². The molecule has 0 saturated carbocycles. The Labute approximate surface area is 140 Å². The summed E-state index contributed by atoms with van der Waals surface area (Å²) in [5.41, 5.74) is 2.36.